The van der Waals surface area contributed by atoms with E-state index in [0.29, 0.717) is 0 Å². The predicted molar refractivity (Wildman–Crippen MR) is 99.6 cm³/mol. The van der Waals surface area contributed by atoms with Gasteiger partial charge in [-0.05, 0) is 32.5 Å². The topological polar surface area (TPSA) is 73.9 Å². The standard InChI is InChI=1S/C14H25F3NO5PS2/c1-5-21-13(25)26-11(9-23-24(20,7-3)22-6-2)8-12(14(15,16)17)18-10(4)19/h11-12H,5-9H2,1-4H3,(H,18,19). The second kappa shape index (κ2) is 12.2. The van der Waals surface area contributed by atoms with Gasteiger partial charge in [0, 0.05) is 18.3 Å². The quantitative estimate of drug-likeness (QED) is 0.383. The third-order valence-electron chi connectivity index (χ3n) is 2.97. The van der Waals surface area contributed by atoms with Crippen molar-refractivity contribution in [2.24, 2.45) is 0 Å². The number of alkyl halides is 3. The summed E-state index contributed by atoms with van der Waals surface area (Å²) in [5.41, 5.74) is 0. The maximum absolute atomic E-state index is 13.2. The molecule has 6 nitrogen and oxygen atoms in total. The first-order valence-corrected chi connectivity index (χ1v) is 11.0. The van der Waals surface area contributed by atoms with Crippen LogP contribution in [-0.4, -0.2) is 53.7 Å². The van der Waals surface area contributed by atoms with Gasteiger partial charge >= 0.3 is 13.8 Å². The van der Waals surface area contributed by atoms with Gasteiger partial charge in [0.05, 0.1) is 19.8 Å². The molecule has 3 unspecified atom stereocenters. The number of carbonyl (C=O) groups is 1. The molecule has 0 fully saturated rings. The third kappa shape index (κ3) is 10.7. The molecule has 3 atom stereocenters. The molecule has 0 aliphatic rings. The lowest BCUT2D eigenvalue weighted by Gasteiger charge is -2.26. The summed E-state index contributed by atoms with van der Waals surface area (Å²) in [6, 6.07) is -2.08. The molecule has 0 aliphatic heterocycles. The smallest absolute Gasteiger partial charge is 0.408 e. The zero-order chi connectivity index (χ0) is 20.4. The van der Waals surface area contributed by atoms with E-state index in [2.05, 4.69) is 0 Å². The molecule has 26 heavy (non-hydrogen) atoms. The third-order valence-corrected chi connectivity index (χ3v) is 6.31. The van der Waals surface area contributed by atoms with Gasteiger partial charge in [0.2, 0.25) is 10.3 Å². The van der Waals surface area contributed by atoms with E-state index >= 15 is 0 Å². The minimum Gasteiger partial charge on any atom is -0.479 e. The van der Waals surface area contributed by atoms with Crippen molar-refractivity contribution in [2.45, 2.75) is 51.6 Å². The van der Waals surface area contributed by atoms with Crippen molar-refractivity contribution in [3.05, 3.63) is 0 Å². The number of halogens is 3. The lowest BCUT2D eigenvalue weighted by atomic mass is 10.1. The molecular formula is C14H25F3NO5PS2. The van der Waals surface area contributed by atoms with Crippen LogP contribution in [0.25, 0.3) is 0 Å². The van der Waals surface area contributed by atoms with Crippen LogP contribution in [0.2, 0.25) is 0 Å². The molecule has 154 valence electrons. The van der Waals surface area contributed by atoms with Crippen LogP contribution in [0.15, 0.2) is 0 Å². The van der Waals surface area contributed by atoms with Gasteiger partial charge in [0.1, 0.15) is 6.04 Å². The van der Waals surface area contributed by atoms with Gasteiger partial charge in [0.25, 0.3) is 0 Å². The largest absolute Gasteiger partial charge is 0.479 e. The van der Waals surface area contributed by atoms with Crippen molar-refractivity contribution < 1.29 is 36.3 Å². The van der Waals surface area contributed by atoms with Crippen molar-refractivity contribution in [3.8, 4) is 0 Å². The van der Waals surface area contributed by atoms with E-state index < -0.39 is 37.4 Å². The van der Waals surface area contributed by atoms with Gasteiger partial charge in [-0.1, -0.05) is 18.7 Å². The molecule has 1 N–H and O–H groups in total. The normalized spacial score (nSPS) is 16.4. The Morgan fingerprint density at radius 2 is 1.85 bits per heavy atom. The minimum atomic E-state index is -4.65. The summed E-state index contributed by atoms with van der Waals surface area (Å²) in [7, 11) is -3.39. The van der Waals surface area contributed by atoms with Crippen molar-refractivity contribution in [1.29, 1.82) is 0 Å². The zero-order valence-electron chi connectivity index (χ0n) is 15.1. The Morgan fingerprint density at radius 1 is 1.23 bits per heavy atom. The van der Waals surface area contributed by atoms with Crippen LogP contribution >= 0.6 is 31.6 Å². The molecular weight excluding hydrogens is 414 g/mol. The number of hydrogen-bond acceptors (Lipinski definition) is 7. The molecule has 0 saturated carbocycles. The summed E-state index contributed by atoms with van der Waals surface area (Å²) < 4.78 is 67.4. The van der Waals surface area contributed by atoms with E-state index in [1.807, 2.05) is 5.32 Å². The fourth-order valence-corrected chi connectivity index (χ4v) is 4.58. The van der Waals surface area contributed by atoms with Crippen molar-refractivity contribution in [1.82, 2.24) is 5.32 Å². The molecule has 12 heteroatoms. The first kappa shape index (κ1) is 25.6. The Hall–Kier alpha value is -0.350. The van der Waals surface area contributed by atoms with Gasteiger partial charge in [-0.3, -0.25) is 9.36 Å². The highest BCUT2D eigenvalue weighted by Crippen LogP contribution is 2.48. The van der Waals surface area contributed by atoms with Crippen LogP contribution in [0.5, 0.6) is 0 Å². The van der Waals surface area contributed by atoms with Crippen molar-refractivity contribution in [2.75, 3.05) is 26.0 Å². The summed E-state index contributed by atoms with van der Waals surface area (Å²) in [4.78, 5) is 11.1. The molecule has 0 spiro atoms. The lowest BCUT2D eigenvalue weighted by molar-refractivity contribution is -0.162. The summed E-state index contributed by atoms with van der Waals surface area (Å²) in [6.07, 6.45) is -5.08. The summed E-state index contributed by atoms with van der Waals surface area (Å²) >= 11 is 5.83. The van der Waals surface area contributed by atoms with Gasteiger partial charge in [-0.15, -0.1) is 0 Å². The molecule has 0 aromatic rings. The van der Waals surface area contributed by atoms with Gasteiger partial charge in [0.15, 0.2) is 0 Å². The molecule has 0 radical (unpaired) electrons. The Labute approximate surface area is 161 Å². The highest BCUT2D eigenvalue weighted by atomic mass is 32.2. The summed E-state index contributed by atoms with van der Waals surface area (Å²) in [5.74, 6) is -0.807. The molecule has 0 rings (SSSR count). The van der Waals surface area contributed by atoms with E-state index in [4.69, 9.17) is 26.0 Å². The monoisotopic (exact) mass is 439 g/mol. The van der Waals surface area contributed by atoms with E-state index in [1.165, 1.54) is 0 Å². The van der Waals surface area contributed by atoms with Crippen LogP contribution in [-0.2, 0) is 23.1 Å². The van der Waals surface area contributed by atoms with Crippen LogP contribution in [0.4, 0.5) is 13.2 Å². The molecule has 0 aromatic carbocycles. The minimum absolute atomic E-state index is 0.0487. The SMILES string of the molecule is CCOC(=S)SC(COP(=O)(CC)OCC)CC(NC(C)=O)C(F)(F)F. The number of thioether (sulfide) groups is 1. The number of amides is 1. The van der Waals surface area contributed by atoms with E-state index in [0.717, 1.165) is 18.7 Å². The summed E-state index contributed by atoms with van der Waals surface area (Å²) in [5, 5.41) is 1.03. The number of hydrogen-bond donors (Lipinski definition) is 1. The average molecular weight is 439 g/mol. The predicted octanol–water partition coefficient (Wildman–Crippen LogP) is 4.13. The van der Waals surface area contributed by atoms with Gasteiger partial charge in [-0.25, -0.2) is 0 Å². The Balaban J connectivity index is 5.21. The molecule has 1 amide bonds. The van der Waals surface area contributed by atoms with Crippen LogP contribution in [0, 0.1) is 0 Å². The van der Waals surface area contributed by atoms with E-state index in [9.17, 15) is 22.5 Å². The van der Waals surface area contributed by atoms with Crippen molar-refractivity contribution in [3.63, 3.8) is 0 Å². The molecule has 0 saturated heterocycles. The first-order chi connectivity index (χ1) is 12.0. The maximum atomic E-state index is 13.2. The Morgan fingerprint density at radius 3 is 2.27 bits per heavy atom. The molecule has 0 aliphatic carbocycles. The lowest BCUT2D eigenvalue weighted by Crippen LogP contribution is -2.46. The Kier molecular flexibility index (Phi) is 12.0. The molecule has 0 heterocycles. The van der Waals surface area contributed by atoms with Crippen LogP contribution in [0.1, 0.15) is 34.1 Å². The highest BCUT2D eigenvalue weighted by Gasteiger charge is 2.42. The fourth-order valence-electron chi connectivity index (χ4n) is 1.83. The van der Waals surface area contributed by atoms with Crippen LogP contribution < -0.4 is 5.32 Å². The first-order valence-electron chi connectivity index (χ1n) is 8.02. The van der Waals surface area contributed by atoms with Gasteiger partial charge < -0.3 is 19.1 Å². The van der Waals surface area contributed by atoms with E-state index in [-0.39, 0.29) is 30.4 Å². The summed E-state index contributed by atoms with van der Waals surface area (Å²) in [6.45, 7) is 6.04. The number of rotatable bonds is 11. The average Bonchev–Trinajstić information content (AvgIpc) is 2.51. The zero-order valence-corrected chi connectivity index (χ0v) is 17.7. The number of ether oxygens (including phenoxy) is 1. The maximum Gasteiger partial charge on any atom is 0.408 e. The molecule has 0 aromatic heterocycles. The Bertz CT molecular complexity index is 507. The van der Waals surface area contributed by atoms with E-state index in [1.54, 1.807) is 20.8 Å². The van der Waals surface area contributed by atoms with Crippen molar-refractivity contribution >= 4 is 41.9 Å². The van der Waals surface area contributed by atoms with Crippen LogP contribution in [0.3, 0.4) is 0 Å². The number of nitrogens with one attached hydrogen (secondary N) is 1. The van der Waals surface area contributed by atoms with Gasteiger partial charge in [-0.2, -0.15) is 13.2 Å². The second-order valence-corrected chi connectivity index (χ2v) is 9.37. The fraction of sp³-hybridized carbons (Fsp3) is 0.857. The molecule has 0 bridgehead atoms. The number of carbonyl (C=O) groups excluding carboxylic acids is 1. The highest BCUT2D eigenvalue weighted by molar-refractivity contribution is 8.23. The number of thiocarbonyl (C=S) groups is 1. The second-order valence-electron chi connectivity index (χ2n) is 5.09.